The molecule has 0 fully saturated rings. The lowest BCUT2D eigenvalue weighted by molar-refractivity contribution is -0.141. The van der Waals surface area contributed by atoms with Crippen molar-refractivity contribution in [3.8, 4) is 0 Å². The molecular weight excluding hydrogens is 230 g/mol. The van der Waals surface area contributed by atoms with Crippen LogP contribution in [0.1, 0.15) is 9.75 Å². The van der Waals surface area contributed by atoms with Gasteiger partial charge in [-0.25, -0.2) is 0 Å². The van der Waals surface area contributed by atoms with Crippen LogP contribution in [0.4, 0.5) is 0 Å². The highest BCUT2D eigenvalue weighted by molar-refractivity contribution is 7.11. The van der Waals surface area contributed by atoms with Gasteiger partial charge in [-0.05, 0) is 19.1 Å². The molecule has 16 heavy (non-hydrogen) atoms. The average molecular weight is 243 g/mol. The molecule has 0 amide bonds. The molecule has 0 spiro atoms. The summed E-state index contributed by atoms with van der Waals surface area (Å²) in [4.78, 5) is 24.6. The largest absolute Gasteiger partial charge is 0.480 e. The SMILES string of the molecule is Cc1ccc(CN(CC(=O)O)CC(=O)O)s1. The first-order valence-electron chi connectivity index (χ1n) is 4.68. The highest BCUT2D eigenvalue weighted by atomic mass is 32.1. The minimum atomic E-state index is -1.02. The van der Waals surface area contributed by atoms with E-state index in [1.165, 1.54) is 4.90 Å². The smallest absolute Gasteiger partial charge is 0.317 e. The second kappa shape index (κ2) is 5.62. The molecule has 0 saturated heterocycles. The number of carboxylic acid groups (broad SMARTS) is 2. The summed E-state index contributed by atoms with van der Waals surface area (Å²) in [6.07, 6.45) is 0. The highest BCUT2D eigenvalue weighted by Crippen LogP contribution is 2.16. The fourth-order valence-electron chi connectivity index (χ4n) is 1.34. The first-order valence-corrected chi connectivity index (χ1v) is 5.50. The van der Waals surface area contributed by atoms with E-state index < -0.39 is 11.9 Å². The molecule has 0 aromatic carbocycles. The lowest BCUT2D eigenvalue weighted by Crippen LogP contribution is -2.33. The molecule has 6 heteroatoms. The number of aryl methyl sites for hydroxylation is 1. The molecule has 1 rings (SSSR count). The van der Waals surface area contributed by atoms with Crippen LogP contribution in [0.15, 0.2) is 12.1 Å². The zero-order chi connectivity index (χ0) is 12.1. The van der Waals surface area contributed by atoms with Crippen molar-refractivity contribution in [3.63, 3.8) is 0 Å². The molecule has 0 atom stereocenters. The summed E-state index contributed by atoms with van der Waals surface area (Å²) >= 11 is 1.54. The van der Waals surface area contributed by atoms with E-state index in [0.29, 0.717) is 6.54 Å². The van der Waals surface area contributed by atoms with E-state index in [-0.39, 0.29) is 13.1 Å². The second-order valence-corrected chi connectivity index (χ2v) is 4.82. The maximum atomic E-state index is 10.6. The number of rotatable bonds is 6. The van der Waals surface area contributed by atoms with Crippen molar-refractivity contribution in [2.75, 3.05) is 13.1 Å². The molecule has 0 aliphatic rings. The van der Waals surface area contributed by atoms with Gasteiger partial charge in [0.1, 0.15) is 0 Å². The average Bonchev–Trinajstić information content (AvgIpc) is 2.48. The molecule has 88 valence electrons. The number of carboxylic acids is 2. The Morgan fingerprint density at radius 2 is 1.81 bits per heavy atom. The Labute approximate surface area is 96.9 Å². The van der Waals surface area contributed by atoms with E-state index in [0.717, 1.165) is 9.75 Å². The summed E-state index contributed by atoms with van der Waals surface area (Å²) in [5, 5.41) is 17.3. The summed E-state index contributed by atoms with van der Waals surface area (Å²) in [6.45, 7) is 1.79. The van der Waals surface area contributed by atoms with Crippen molar-refractivity contribution in [2.24, 2.45) is 0 Å². The molecule has 1 heterocycles. The van der Waals surface area contributed by atoms with Crippen molar-refractivity contribution in [3.05, 3.63) is 21.9 Å². The summed E-state index contributed by atoms with van der Waals surface area (Å²) in [5.41, 5.74) is 0. The van der Waals surface area contributed by atoms with Crippen molar-refractivity contribution in [1.29, 1.82) is 0 Å². The fraction of sp³-hybridized carbons (Fsp3) is 0.400. The van der Waals surface area contributed by atoms with Gasteiger partial charge < -0.3 is 10.2 Å². The molecule has 2 N–H and O–H groups in total. The van der Waals surface area contributed by atoms with Gasteiger partial charge in [-0.15, -0.1) is 11.3 Å². The molecule has 0 aliphatic carbocycles. The first kappa shape index (κ1) is 12.7. The van der Waals surface area contributed by atoms with Crippen molar-refractivity contribution in [2.45, 2.75) is 13.5 Å². The number of hydrogen-bond donors (Lipinski definition) is 2. The summed E-state index contributed by atoms with van der Waals surface area (Å²) in [6, 6.07) is 3.82. The quantitative estimate of drug-likeness (QED) is 0.780. The van der Waals surface area contributed by atoms with Gasteiger partial charge in [-0.3, -0.25) is 14.5 Å². The minimum Gasteiger partial charge on any atom is -0.480 e. The van der Waals surface area contributed by atoms with Crippen LogP contribution in [0.5, 0.6) is 0 Å². The third-order valence-corrected chi connectivity index (χ3v) is 2.88. The zero-order valence-corrected chi connectivity index (χ0v) is 9.66. The van der Waals surface area contributed by atoms with Crippen LogP contribution in [-0.4, -0.2) is 40.1 Å². The van der Waals surface area contributed by atoms with E-state index in [1.807, 2.05) is 19.1 Å². The zero-order valence-electron chi connectivity index (χ0n) is 8.84. The van der Waals surface area contributed by atoms with Gasteiger partial charge in [-0.2, -0.15) is 0 Å². The van der Waals surface area contributed by atoms with Gasteiger partial charge >= 0.3 is 11.9 Å². The molecule has 0 bridgehead atoms. The molecule has 0 aliphatic heterocycles. The Bertz CT molecular complexity index is 372. The van der Waals surface area contributed by atoms with Crippen LogP contribution < -0.4 is 0 Å². The summed E-state index contributed by atoms with van der Waals surface area (Å²) < 4.78 is 0. The minimum absolute atomic E-state index is 0.261. The van der Waals surface area contributed by atoms with Crippen LogP contribution in [0.2, 0.25) is 0 Å². The summed E-state index contributed by atoms with van der Waals surface area (Å²) in [7, 11) is 0. The molecule has 5 nitrogen and oxygen atoms in total. The molecule has 0 saturated carbocycles. The maximum absolute atomic E-state index is 10.6. The van der Waals surface area contributed by atoms with Crippen molar-refractivity contribution < 1.29 is 19.8 Å². The molecule has 0 radical (unpaired) electrons. The number of carbonyl (C=O) groups is 2. The van der Waals surface area contributed by atoms with Gasteiger partial charge in [0.15, 0.2) is 0 Å². The Morgan fingerprint density at radius 3 is 2.19 bits per heavy atom. The Hall–Kier alpha value is -1.40. The Kier molecular flexibility index (Phi) is 4.45. The molecule has 1 aromatic rings. The monoisotopic (exact) mass is 243 g/mol. The standard InChI is InChI=1S/C10H13NO4S/c1-7-2-3-8(16-7)4-11(5-9(12)13)6-10(14)15/h2-3H,4-6H2,1H3,(H,12,13)(H,14,15). The van der Waals surface area contributed by atoms with Gasteiger partial charge in [0, 0.05) is 16.3 Å². The van der Waals surface area contributed by atoms with E-state index in [1.54, 1.807) is 11.3 Å². The third-order valence-electron chi connectivity index (χ3n) is 1.89. The molecular formula is C10H13NO4S. The fourth-order valence-corrected chi connectivity index (χ4v) is 2.27. The predicted octanol–water partition coefficient (Wildman–Crippen LogP) is 1.03. The molecule has 1 aromatic heterocycles. The number of thiophene rings is 1. The lowest BCUT2D eigenvalue weighted by atomic mass is 10.4. The maximum Gasteiger partial charge on any atom is 0.317 e. The molecule has 0 unspecified atom stereocenters. The summed E-state index contributed by atoms with van der Waals surface area (Å²) in [5.74, 6) is -2.04. The van der Waals surface area contributed by atoms with Crippen LogP contribution in [0, 0.1) is 6.92 Å². The second-order valence-electron chi connectivity index (χ2n) is 3.44. The highest BCUT2D eigenvalue weighted by Gasteiger charge is 2.14. The normalized spacial score (nSPS) is 10.6. The number of hydrogen-bond acceptors (Lipinski definition) is 4. The van der Waals surface area contributed by atoms with Crippen molar-refractivity contribution in [1.82, 2.24) is 4.90 Å². The Morgan fingerprint density at radius 1 is 1.25 bits per heavy atom. The number of aliphatic carboxylic acids is 2. The van der Waals surface area contributed by atoms with Crippen LogP contribution >= 0.6 is 11.3 Å². The van der Waals surface area contributed by atoms with Gasteiger partial charge in [0.05, 0.1) is 13.1 Å². The number of nitrogens with zero attached hydrogens (tertiary/aromatic N) is 1. The van der Waals surface area contributed by atoms with E-state index in [2.05, 4.69) is 0 Å². The van der Waals surface area contributed by atoms with Crippen LogP contribution in [0.25, 0.3) is 0 Å². The van der Waals surface area contributed by atoms with Gasteiger partial charge in [-0.1, -0.05) is 0 Å². The third kappa shape index (κ3) is 4.41. The van der Waals surface area contributed by atoms with Gasteiger partial charge in [0.25, 0.3) is 0 Å². The van der Waals surface area contributed by atoms with E-state index >= 15 is 0 Å². The van der Waals surface area contributed by atoms with E-state index in [4.69, 9.17) is 10.2 Å². The van der Waals surface area contributed by atoms with Crippen LogP contribution in [-0.2, 0) is 16.1 Å². The lowest BCUT2D eigenvalue weighted by Gasteiger charge is -2.16. The first-order chi connectivity index (χ1) is 7.47. The predicted molar refractivity (Wildman–Crippen MR) is 59.6 cm³/mol. The Balaban J connectivity index is 2.62. The van der Waals surface area contributed by atoms with Gasteiger partial charge in [0.2, 0.25) is 0 Å². The van der Waals surface area contributed by atoms with Crippen molar-refractivity contribution >= 4 is 23.3 Å². The van der Waals surface area contributed by atoms with Crippen LogP contribution in [0.3, 0.4) is 0 Å². The topological polar surface area (TPSA) is 77.8 Å². The van der Waals surface area contributed by atoms with E-state index in [9.17, 15) is 9.59 Å².